The number of rotatable bonds is 16. The van der Waals surface area contributed by atoms with Crippen LogP contribution in [0.3, 0.4) is 0 Å². The predicted octanol–water partition coefficient (Wildman–Crippen LogP) is 3.49. The van der Waals surface area contributed by atoms with Crippen molar-refractivity contribution < 1.29 is 32.5 Å². The second-order valence-electron chi connectivity index (χ2n) is 9.88. The van der Waals surface area contributed by atoms with E-state index in [9.17, 15) is 19.3 Å². The maximum Gasteiger partial charge on any atom is 0.330 e. The van der Waals surface area contributed by atoms with E-state index < -0.39 is 45.8 Å². The lowest BCUT2D eigenvalue weighted by molar-refractivity contribution is -0.0289. The molecule has 15 heteroatoms. The fraction of sp³-hybridized carbons (Fsp3) is 0.731. The zero-order valence-corrected chi connectivity index (χ0v) is 26.4. The van der Waals surface area contributed by atoms with E-state index in [1.54, 1.807) is 0 Å². The van der Waals surface area contributed by atoms with Crippen LogP contribution >= 0.6 is 16.1 Å². The topological polar surface area (TPSA) is 165 Å². The number of nitrogens with zero attached hydrogens (tertiary/aromatic N) is 3. The molecule has 2 rings (SSSR count). The molecule has 230 valence electrons. The van der Waals surface area contributed by atoms with Crippen LogP contribution in [0.4, 0.5) is 0 Å². The molecule has 1 aliphatic rings. The van der Waals surface area contributed by atoms with Crippen molar-refractivity contribution in [3.8, 4) is 17.9 Å². The second-order valence-corrected chi connectivity index (χ2v) is 13.7. The third kappa shape index (κ3) is 10.4. The van der Waals surface area contributed by atoms with Crippen molar-refractivity contribution in [1.82, 2.24) is 14.2 Å². The van der Waals surface area contributed by atoms with Crippen LogP contribution in [0.2, 0.25) is 0 Å². The van der Waals surface area contributed by atoms with Crippen LogP contribution in [0.1, 0.15) is 71.6 Å². The minimum atomic E-state index is -3.14. The number of aromatic amines is 1. The van der Waals surface area contributed by atoms with Crippen LogP contribution in [0, 0.1) is 23.2 Å². The van der Waals surface area contributed by atoms with E-state index in [4.69, 9.17) is 28.1 Å². The molecule has 0 aromatic carbocycles. The Morgan fingerprint density at radius 1 is 1.24 bits per heavy atom. The number of nitriles is 1. The Hall–Kier alpha value is -1.89. The smallest absolute Gasteiger partial charge is 0.330 e. The molecule has 4 atom stereocenters. The van der Waals surface area contributed by atoms with Crippen LogP contribution in [-0.2, 0) is 27.4 Å². The first-order valence-electron chi connectivity index (χ1n) is 13.6. The number of ether oxygens (including phenoxy) is 1. The first kappa shape index (κ1) is 35.3. The molecule has 0 amide bonds. The third-order valence-corrected chi connectivity index (χ3v) is 10.4. The number of unbranched alkanes of at least 4 members (excludes halogenated alkanes) is 1. The van der Waals surface area contributed by atoms with Crippen LogP contribution in [0.15, 0.2) is 15.8 Å². The summed E-state index contributed by atoms with van der Waals surface area (Å²) in [7, 11) is -2.08. The van der Waals surface area contributed by atoms with Gasteiger partial charge in [-0.05, 0) is 40.5 Å². The normalized spacial score (nSPS) is 19.9. The number of hydrogen-bond acceptors (Lipinski definition) is 11. The van der Waals surface area contributed by atoms with Gasteiger partial charge in [-0.2, -0.15) is 5.26 Å². The summed E-state index contributed by atoms with van der Waals surface area (Å²) in [5.74, 6) is 5.64. The molecular formula is C26H42N4O9P2. The third-order valence-electron chi connectivity index (χ3n) is 6.27. The van der Waals surface area contributed by atoms with Gasteiger partial charge in [0.25, 0.3) is 14.1 Å². The largest absolute Gasteiger partial charge is 0.396 e. The Morgan fingerprint density at radius 3 is 2.51 bits per heavy atom. The van der Waals surface area contributed by atoms with Crippen LogP contribution in [0.5, 0.6) is 0 Å². The molecule has 1 fully saturated rings. The molecule has 1 aliphatic heterocycles. The monoisotopic (exact) mass is 616 g/mol. The Balaban J connectivity index is 2.26. The minimum absolute atomic E-state index is 0.0748. The van der Waals surface area contributed by atoms with Gasteiger partial charge in [-0.25, -0.2) is 9.46 Å². The summed E-state index contributed by atoms with van der Waals surface area (Å²) in [6, 6.07) is 2.26. The Bertz CT molecular complexity index is 1220. The van der Waals surface area contributed by atoms with Gasteiger partial charge in [-0.3, -0.25) is 18.9 Å². The van der Waals surface area contributed by atoms with Gasteiger partial charge in [0.1, 0.15) is 11.8 Å². The molecule has 1 saturated heterocycles. The number of hydrogen-bond donors (Lipinski definition) is 2. The maximum atomic E-state index is 12.8. The van der Waals surface area contributed by atoms with E-state index in [1.165, 1.54) is 25.0 Å². The summed E-state index contributed by atoms with van der Waals surface area (Å²) >= 11 is 0. The minimum Gasteiger partial charge on any atom is -0.396 e. The van der Waals surface area contributed by atoms with E-state index in [0.717, 1.165) is 0 Å². The maximum absolute atomic E-state index is 12.8. The first-order valence-corrected chi connectivity index (χ1v) is 16.4. The average molecular weight is 617 g/mol. The van der Waals surface area contributed by atoms with E-state index in [1.807, 2.05) is 27.7 Å². The molecule has 2 heterocycles. The van der Waals surface area contributed by atoms with Crippen molar-refractivity contribution in [2.24, 2.45) is 0 Å². The zero-order valence-electron chi connectivity index (χ0n) is 24.6. The fourth-order valence-corrected chi connectivity index (χ4v) is 7.16. The number of aromatic nitrogens is 2. The van der Waals surface area contributed by atoms with E-state index in [2.05, 4.69) is 27.6 Å². The highest BCUT2D eigenvalue weighted by Gasteiger charge is 2.41. The summed E-state index contributed by atoms with van der Waals surface area (Å²) < 4.78 is 43.9. The molecule has 0 radical (unpaired) electrons. The van der Waals surface area contributed by atoms with Crippen molar-refractivity contribution in [3.63, 3.8) is 0 Å². The number of nitrogens with one attached hydrogen (secondary N) is 1. The first-order chi connectivity index (χ1) is 19.5. The molecule has 13 nitrogen and oxygen atoms in total. The fourth-order valence-electron chi connectivity index (χ4n) is 4.34. The summed E-state index contributed by atoms with van der Waals surface area (Å²) in [6.45, 7) is 8.17. The van der Waals surface area contributed by atoms with Gasteiger partial charge in [0.05, 0.1) is 37.5 Å². The second kappa shape index (κ2) is 17.3. The quantitative estimate of drug-likeness (QED) is 0.159. The van der Waals surface area contributed by atoms with Crippen molar-refractivity contribution in [3.05, 3.63) is 32.6 Å². The van der Waals surface area contributed by atoms with E-state index in [0.29, 0.717) is 12.8 Å². The number of aliphatic hydroxyl groups is 1. The molecule has 41 heavy (non-hydrogen) atoms. The molecule has 1 aromatic rings. The van der Waals surface area contributed by atoms with Gasteiger partial charge in [-0.15, -0.1) is 0 Å². The zero-order chi connectivity index (χ0) is 30.6. The van der Waals surface area contributed by atoms with E-state index in [-0.39, 0.29) is 56.3 Å². The van der Waals surface area contributed by atoms with Crippen molar-refractivity contribution in [1.29, 1.82) is 5.26 Å². The molecule has 0 bridgehead atoms. The highest BCUT2D eigenvalue weighted by atomic mass is 31.2. The van der Waals surface area contributed by atoms with Crippen LogP contribution < -0.4 is 11.2 Å². The van der Waals surface area contributed by atoms with Crippen molar-refractivity contribution in [2.45, 2.75) is 90.3 Å². The Kier molecular flexibility index (Phi) is 14.9. The molecule has 0 spiro atoms. The molecule has 0 saturated carbocycles. The highest BCUT2D eigenvalue weighted by molar-refractivity contribution is 7.53. The van der Waals surface area contributed by atoms with Crippen LogP contribution in [0.25, 0.3) is 0 Å². The summed E-state index contributed by atoms with van der Waals surface area (Å²) in [6.07, 6.45) is 1.20. The standard InChI is InChI=1S/C26H42N4O9P2/c1-19(2)30(20(3)4)40(37-15-10-13-27)39-23-17-24(38-22(23)12-14-31)29-18-21(25(32)28-26(29)33)11-8-7-9-16-41(34,35-5)36-6/h18-20,22-24,31H,7,9-10,12,14-17H2,1-6H3,(H,28,32,33). The molecule has 1 aromatic heterocycles. The van der Waals surface area contributed by atoms with Crippen molar-refractivity contribution >= 4 is 16.1 Å². The molecule has 0 aliphatic carbocycles. The van der Waals surface area contributed by atoms with Gasteiger partial charge >= 0.3 is 13.3 Å². The molecule has 2 N–H and O–H groups in total. The lowest BCUT2D eigenvalue weighted by Crippen LogP contribution is -2.36. The summed E-state index contributed by atoms with van der Waals surface area (Å²) in [5, 5.41) is 18.7. The Labute approximate surface area is 242 Å². The summed E-state index contributed by atoms with van der Waals surface area (Å²) in [4.78, 5) is 27.5. The number of H-pyrrole nitrogens is 1. The molecule has 4 unspecified atom stereocenters. The van der Waals surface area contributed by atoms with Gasteiger partial charge < -0.3 is 27.9 Å². The van der Waals surface area contributed by atoms with Gasteiger partial charge in [0, 0.05) is 51.9 Å². The van der Waals surface area contributed by atoms with Crippen molar-refractivity contribution in [2.75, 3.05) is 33.6 Å². The lowest BCUT2D eigenvalue weighted by atomic mass is 10.1. The van der Waals surface area contributed by atoms with Crippen LogP contribution in [-0.4, -0.2) is 77.2 Å². The Morgan fingerprint density at radius 2 is 1.93 bits per heavy atom. The van der Waals surface area contributed by atoms with Gasteiger partial charge in [0.15, 0.2) is 0 Å². The summed E-state index contributed by atoms with van der Waals surface area (Å²) in [5.41, 5.74) is -1.21. The SMILES string of the molecule is COP(=O)(CCCC#Cc1cn(C2CC(OP(OCCC#N)N(C(C)C)C(C)C)C(CCO)O2)c(=O)[nH]c1=O)OC. The van der Waals surface area contributed by atoms with Gasteiger partial charge in [-0.1, -0.05) is 11.8 Å². The lowest BCUT2D eigenvalue weighted by Gasteiger charge is -2.37. The van der Waals surface area contributed by atoms with Gasteiger partial charge in [0.2, 0.25) is 0 Å². The van der Waals surface area contributed by atoms with E-state index >= 15 is 0 Å². The highest BCUT2D eigenvalue weighted by Crippen LogP contribution is 2.50. The predicted molar refractivity (Wildman–Crippen MR) is 154 cm³/mol. The molecular weight excluding hydrogens is 574 g/mol. The average Bonchev–Trinajstić information content (AvgIpc) is 3.31. The number of aliphatic hydroxyl groups excluding tert-OH is 1.